The maximum absolute atomic E-state index is 12.3. The van der Waals surface area contributed by atoms with Crippen LogP contribution in [0.15, 0.2) is 64.2 Å². The molecule has 1 aromatic heterocycles. The molecule has 0 aliphatic rings. The number of benzene rings is 2. The average molecular weight is 440 g/mol. The maximum Gasteiger partial charge on any atom is 0.226 e. The number of hydrogen-bond acceptors (Lipinski definition) is 4. The monoisotopic (exact) mass is 439 g/mol. The first-order valence-corrected chi connectivity index (χ1v) is 10.5. The van der Waals surface area contributed by atoms with E-state index in [4.69, 9.17) is 16.0 Å². The number of anilines is 1. The van der Waals surface area contributed by atoms with Crippen molar-refractivity contribution in [1.29, 1.82) is 0 Å². The molecule has 3 rings (SSSR count). The van der Waals surface area contributed by atoms with Crippen molar-refractivity contribution in [2.24, 2.45) is 4.99 Å². The summed E-state index contributed by atoms with van der Waals surface area (Å²) in [6.07, 6.45) is 1.90. The van der Waals surface area contributed by atoms with Gasteiger partial charge in [-0.2, -0.15) is 0 Å². The van der Waals surface area contributed by atoms with Gasteiger partial charge < -0.3 is 20.4 Å². The van der Waals surface area contributed by atoms with E-state index < -0.39 is 0 Å². The third kappa shape index (κ3) is 6.58. The van der Waals surface area contributed by atoms with Gasteiger partial charge in [-0.05, 0) is 43.7 Å². The highest BCUT2D eigenvalue weighted by Crippen LogP contribution is 2.23. The predicted molar refractivity (Wildman–Crippen MR) is 124 cm³/mol. The van der Waals surface area contributed by atoms with Crippen LogP contribution >= 0.6 is 11.6 Å². The van der Waals surface area contributed by atoms with Crippen molar-refractivity contribution >= 4 is 29.2 Å². The lowest BCUT2D eigenvalue weighted by atomic mass is 10.2. The van der Waals surface area contributed by atoms with E-state index in [-0.39, 0.29) is 5.91 Å². The quantitative estimate of drug-likeness (QED) is 0.357. The van der Waals surface area contributed by atoms with Crippen LogP contribution in [0.5, 0.6) is 0 Å². The number of aliphatic imine (C=N–C) groups is 1. The smallest absolute Gasteiger partial charge is 0.226 e. The van der Waals surface area contributed by atoms with E-state index in [1.165, 1.54) is 0 Å². The molecule has 0 saturated carbocycles. The number of hydrogen-bond donors (Lipinski definition) is 3. The highest BCUT2D eigenvalue weighted by atomic mass is 35.5. The third-order valence-corrected chi connectivity index (χ3v) is 4.91. The molecule has 7 nitrogen and oxygen atoms in total. The van der Waals surface area contributed by atoms with E-state index in [1.54, 1.807) is 12.3 Å². The summed E-state index contributed by atoms with van der Waals surface area (Å²) in [7, 11) is 0. The van der Waals surface area contributed by atoms with Crippen LogP contribution in [0.1, 0.15) is 24.6 Å². The van der Waals surface area contributed by atoms with Crippen molar-refractivity contribution in [3.63, 3.8) is 0 Å². The first-order valence-electron chi connectivity index (χ1n) is 10.1. The zero-order valence-electron chi connectivity index (χ0n) is 17.6. The Bertz CT molecular complexity index is 1030. The molecule has 162 valence electrons. The highest BCUT2D eigenvalue weighted by Gasteiger charge is 2.08. The molecule has 0 unspecified atom stereocenters. The van der Waals surface area contributed by atoms with Crippen LogP contribution in [0.3, 0.4) is 0 Å². The van der Waals surface area contributed by atoms with Gasteiger partial charge in [0.25, 0.3) is 0 Å². The standard InChI is InChI=1S/C23H26ClN5O2/c1-3-25-23(26-13-12-21(30)29-20-11-7-10-19(24)16(20)2)27-14-18-15-31-22(28-18)17-8-5-4-6-9-17/h4-11,15H,3,12-14H2,1-2H3,(H,29,30)(H2,25,26,27). The highest BCUT2D eigenvalue weighted by molar-refractivity contribution is 6.31. The topological polar surface area (TPSA) is 91.6 Å². The molecule has 0 radical (unpaired) electrons. The number of halogens is 1. The molecule has 1 heterocycles. The summed E-state index contributed by atoms with van der Waals surface area (Å²) in [4.78, 5) is 21.3. The molecule has 0 atom stereocenters. The first kappa shape index (κ1) is 22.4. The lowest BCUT2D eigenvalue weighted by Gasteiger charge is -2.12. The van der Waals surface area contributed by atoms with Crippen LogP contribution in [-0.2, 0) is 11.3 Å². The van der Waals surface area contributed by atoms with Gasteiger partial charge in [-0.1, -0.05) is 35.9 Å². The number of carbonyl (C=O) groups excluding carboxylic acids is 1. The van der Waals surface area contributed by atoms with Crippen LogP contribution in [-0.4, -0.2) is 29.9 Å². The summed E-state index contributed by atoms with van der Waals surface area (Å²) in [6.45, 7) is 5.35. The molecule has 1 amide bonds. The molecular weight excluding hydrogens is 414 g/mol. The van der Waals surface area contributed by atoms with Gasteiger partial charge in [0.05, 0.1) is 6.54 Å². The minimum absolute atomic E-state index is 0.0993. The van der Waals surface area contributed by atoms with Gasteiger partial charge >= 0.3 is 0 Å². The van der Waals surface area contributed by atoms with Crippen molar-refractivity contribution in [3.8, 4) is 11.5 Å². The molecule has 8 heteroatoms. The summed E-state index contributed by atoms with van der Waals surface area (Å²) < 4.78 is 5.55. The second kappa shape index (κ2) is 11.2. The van der Waals surface area contributed by atoms with Gasteiger partial charge in [-0.15, -0.1) is 0 Å². The van der Waals surface area contributed by atoms with E-state index in [0.717, 1.165) is 22.5 Å². The van der Waals surface area contributed by atoms with Gasteiger partial charge in [-0.25, -0.2) is 9.98 Å². The number of rotatable bonds is 8. The Labute approximate surface area is 186 Å². The number of oxazole rings is 1. The lowest BCUT2D eigenvalue weighted by molar-refractivity contribution is -0.116. The van der Waals surface area contributed by atoms with Gasteiger partial charge in [0.1, 0.15) is 12.0 Å². The molecule has 0 fully saturated rings. The molecule has 2 aromatic carbocycles. The Morgan fingerprint density at radius 1 is 1.13 bits per heavy atom. The SMILES string of the molecule is CCNC(=NCc1coc(-c2ccccc2)n1)NCCC(=O)Nc1cccc(Cl)c1C. The van der Waals surface area contributed by atoms with Crippen LogP contribution in [0.2, 0.25) is 5.02 Å². The Morgan fingerprint density at radius 3 is 2.71 bits per heavy atom. The fraction of sp³-hybridized carbons (Fsp3) is 0.261. The summed E-state index contributed by atoms with van der Waals surface area (Å²) in [6, 6.07) is 15.2. The second-order valence-corrected chi connectivity index (χ2v) is 7.25. The Morgan fingerprint density at radius 2 is 1.94 bits per heavy atom. The molecule has 0 aliphatic heterocycles. The summed E-state index contributed by atoms with van der Waals surface area (Å²) in [5, 5.41) is 9.84. The molecule has 0 bridgehead atoms. The number of nitrogens with zero attached hydrogens (tertiary/aromatic N) is 2. The lowest BCUT2D eigenvalue weighted by Crippen LogP contribution is -2.38. The third-order valence-electron chi connectivity index (χ3n) is 4.50. The molecule has 0 spiro atoms. The number of nitrogens with one attached hydrogen (secondary N) is 3. The predicted octanol–water partition coefficient (Wildman–Crippen LogP) is 4.39. The van der Waals surface area contributed by atoms with Crippen molar-refractivity contribution in [2.75, 3.05) is 18.4 Å². The van der Waals surface area contributed by atoms with Gasteiger partial charge in [0.2, 0.25) is 11.8 Å². The Balaban J connectivity index is 1.51. The normalized spacial score (nSPS) is 11.3. The number of amides is 1. The number of guanidine groups is 1. The molecule has 3 N–H and O–H groups in total. The molecule has 31 heavy (non-hydrogen) atoms. The zero-order valence-corrected chi connectivity index (χ0v) is 18.4. The van der Waals surface area contributed by atoms with Crippen molar-refractivity contribution in [1.82, 2.24) is 15.6 Å². The van der Waals surface area contributed by atoms with E-state index in [0.29, 0.717) is 42.9 Å². The van der Waals surface area contributed by atoms with Crippen molar-refractivity contribution in [3.05, 3.63) is 71.1 Å². The maximum atomic E-state index is 12.3. The van der Waals surface area contributed by atoms with Crippen LogP contribution in [0.25, 0.3) is 11.5 Å². The van der Waals surface area contributed by atoms with Crippen molar-refractivity contribution in [2.45, 2.75) is 26.8 Å². The van der Waals surface area contributed by atoms with Crippen LogP contribution < -0.4 is 16.0 Å². The van der Waals surface area contributed by atoms with Crippen molar-refractivity contribution < 1.29 is 9.21 Å². The number of carbonyl (C=O) groups is 1. The summed E-state index contributed by atoms with van der Waals surface area (Å²) in [5.41, 5.74) is 3.22. The first-order chi connectivity index (χ1) is 15.1. The fourth-order valence-corrected chi connectivity index (χ4v) is 3.02. The van der Waals surface area contributed by atoms with Crippen LogP contribution in [0, 0.1) is 6.92 Å². The minimum Gasteiger partial charge on any atom is -0.444 e. The van der Waals surface area contributed by atoms with Crippen LogP contribution in [0.4, 0.5) is 5.69 Å². The van der Waals surface area contributed by atoms with Gasteiger partial charge in [-0.3, -0.25) is 4.79 Å². The fourth-order valence-electron chi connectivity index (χ4n) is 2.84. The zero-order chi connectivity index (χ0) is 22.1. The minimum atomic E-state index is -0.0993. The van der Waals surface area contributed by atoms with E-state index >= 15 is 0 Å². The largest absolute Gasteiger partial charge is 0.444 e. The summed E-state index contributed by atoms with van der Waals surface area (Å²) in [5.74, 6) is 1.08. The van der Waals surface area contributed by atoms with E-state index in [2.05, 4.69) is 25.9 Å². The summed E-state index contributed by atoms with van der Waals surface area (Å²) >= 11 is 6.10. The Hall–Kier alpha value is -3.32. The molecule has 3 aromatic rings. The molecule has 0 saturated heterocycles. The van der Waals surface area contributed by atoms with Gasteiger partial charge in [0, 0.05) is 35.8 Å². The van der Waals surface area contributed by atoms with E-state index in [9.17, 15) is 4.79 Å². The second-order valence-electron chi connectivity index (χ2n) is 6.84. The van der Waals surface area contributed by atoms with E-state index in [1.807, 2.05) is 56.3 Å². The number of aromatic nitrogens is 1. The molecular formula is C23H26ClN5O2. The Kier molecular flexibility index (Phi) is 8.06. The van der Waals surface area contributed by atoms with Gasteiger partial charge in [0.15, 0.2) is 5.96 Å². The average Bonchev–Trinajstić information content (AvgIpc) is 3.25. The molecule has 0 aliphatic carbocycles.